The topological polar surface area (TPSA) is 177 Å². The van der Waals surface area contributed by atoms with Crippen molar-refractivity contribution in [1.29, 1.82) is 5.26 Å². The number of nitrogens with one attached hydrogen (secondary N) is 3. The molecule has 0 aliphatic carbocycles. The number of nitrogens with zero attached hydrogens (tertiary/aromatic N) is 3. The van der Waals surface area contributed by atoms with Gasteiger partial charge in [0.25, 0.3) is 30.2 Å². The number of fused-ring (bicyclic) bond motifs is 4. The molecule has 2 aliphatic heterocycles. The second kappa shape index (κ2) is 14.6. The van der Waals surface area contributed by atoms with Crippen molar-refractivity contribution in [2.75, 3.05) is 22.7 Å². The molecule has 0 amide bonds. The van der Waals surface area contributed by atoms with E-state index in [1.807, 2.05) is 19.1 Å². The van der Waals surface area contributed by atoms with Crippen molar-refractivity contribution in [2.24, 2.45) is 0 Å². The Kier molecular flexibility index (Phi) is 10.1. The molecule has 0 radical (unpaired) electrons. The molecule has 0 spiro atoms. The number of benzene rings is 4. The van der Waals surface area contributed by atoms with Crippen molar-refractivity contribution in [3.8, 4) is 6.07 Å². The van der Waals surface area contributed by atoms with Crippen LogP contribution < -0.4 is 20.7 Å². The van der Waals surface area contributed by atoms with Crippen molar-refractivity contribution in [3.63, 3.8) is 0 Å². The van der Waals surface area contributed by atoms with E-state index in [0.29, 0.717) is 45.9 Å². The molecule has 2 aromatic heterocycles. The Morgan fingerprint density at radius 2 is 1.40 bits per heavy atom. The lowest BCUT2D eigenvalue weighted by Gasteiger charge is -2.21. The molecule has 8 rings (SSSR count). The third kappa shape index (κ3) is 7.25. The Bertz CT molecular complexity index is 2870. The minimum Gasteiger partial charge on any atom is -0.384 e. The molecule has 0 bridgehead atoms. The van der Waals surface area contributed by atoms with Gasteiger partial charge in [-0.25, -0.2) is 21.7 Å². The van der Waals surface area contributed by atoms with Crippen LogP contribution in [0.25, 0.3) is 26.4 Å². The summed E-state index contributed by atoms with van der Waals surface area (Å²) in [5.41, 5.74) is 6.66. The molecule has 3 N–H and O–H groups in total. The Labute approximate surface area is 309 Å². The fourth-order valence-electron chi connectivity index (χ4n) is 6.61. The molecule has 53 heavy (non-hydrogen) atoms. The molecule has 0 fully saturated rings. The summed E-state index contributed by atoms with van der Waals surface area (Å²) in [6.45, 7) is 12.5. The minimum absolute atomic E-state index is 0.0484. The maximum Gasteiger partial charge on any atom is 0.264 e. The van der Waals surface area contributed by atoms with Crippen LogP contribution in [0.3, 0.4) is 0 Å². The number of aromatic nitrogens is 2. The first-order chi connectivity index (χ1) is 25.2. The number of pyridine rings is 2. The highest BCUT2D eigenvalue weighted by Crippen LogP contribution is 2.39. The number of halogens is 1. The first-order valence-electron chi connectivity index (χ1n) is 16.2. The maximum atomic E-state index is 13.4. The van der Waals surface area contributed by atoms with Crippen LogP contribution in [0, 0.1) is 31.8 Å². The number of rotatable bonds is 3. The number of aromatic amines is 2. The van der Waals surface area contributed by atoms with Crippen LogP contribution in [-0.2, 0) is 31.9 Å². The summed E-state index contributed by atoms with van der Waals surface area (Å²) >= 11 is 0. The minimum atomic E-state index is -3.86. The van der Waals surface area contributed by atoms with Gasteiger partial charge in [0.1, 0.15) is 0 Å². The maximum absolute atomic E-state index is 13.4. The zero-order chi connectivity index (χ0) is 38.1. The van der Waals surface area contributed by atoms with Gasteiger partial charge in [0.2, 0.25) is 0 Å². The second-order valence-electron chi connectivity index (χ2n) is 12.3. The van der Waals surface area contributed by atoms with Gasteiger partial charge in [-0.1, -0.05) is 23.8 Å². The van der Waals surface area contributed by atoms with Crippen LogP contribution >= 0.6 is 10.7 Å². The number of hydrogen-bond donors (Lipinski definition) is 3. The number of hydrogen-bond acceptors (Lipinski definition) is 8. The van der Waals surface area contributed by atoms with Crippen LogP contribution in [0.1, 0.15) is 27.8 Å². The third-order valence-corrected chi connectivity index (χ3v) is 12.3. The van der Waals surface area contributed by atoms with Gasteiger partial charge in [0.15, 0.2) is 5.69 Å². The van der Waals surface area contributed by atoms with Crippen LogP contribution in [0.5, 0.6) is 0 Å². The quantitative estimate of drug-likeness (QED) is 0.136. The predicted octanol–water partition coefficient (Wildman–Crippen LogP) is 6.43. The van der Waals surface area contributed by atoms with E-state index in [-0.39, 0.29) is 20.9 Å². The monoisotopic (exact) mass is 766 g/mol. The Morgan fingerprint density at radius 1 is 0.792 bits per heavy atom. The van der Waals surface area contributed by atoms with E-state index in [0.717, 1.165) is 35.3 Å². The van der Waals surface area contributed by atoms with Crippen molar-refractivity contribution in [1.82, 2.24) is 9.97 Å². The van der Waals surface area contributed by atoms with Gasteiger partial charge >= 0.3 is 0 Å². The highest BCUT2D eigenvalue weighted by atomic mass is 35.7. The number of aryl methyl sites for hydroxylation is 2. The van der Waals surface area contributed by atoms with Gasteiger partial charge in [0.05, 0.1) is 28.0 Å². The Morgan fingerprint density at radius 3 is 2.00 bits per heavy atom. The smallest absolute Gasteiger partial charge is 0.264 e. The summed E-state index contributed by atoms with van der Waals surface area (Å²) < 4.78 is 50.5. The molecular formula is C38H31ClN6O6S2. The lowest BCUT2D eigenvalue weighted by Crippen LogP contribution is -2.29. The van der Waals surface area contributed by atoms with Crippen LogP contribution in [-0.4, -0.2) is 39.9 Å². The summed E-state index contributed by atoms with van der Waals surface area (Å²) in [4.78, 5) is 31.9. The van der Waals surface area contributed by atoms with Crippen LogP contribution in [0.4, 0.5) is 17.1 Å². The zero-order valence-electron chi connectivity index (χ0n) is 28.4. The fraction of sp³-hybridized carbons (Fsp3) is 0.158. The number of nitriles is 1. The van der Waals surface area contributed by atoms with Gasteiger partial charge < -0.3 is 15.3 Å². The van der Waals surface area contributed by atoms with Crippen molar-refractivity contribution >= 4 is 68.4 Å². The molecule has 6 aromatic rings. The predicted molar refractivity (Wildman–Crippen MR) is 206 cm³/mol. The molecule has 0 saturated carbocycles. The third-order valence-electron chi connectivity index (χ3n) is 9.07. The first-order valence-corrected chi connectivity index (χ1v) is 20.0. The highest BCUT2D eigenvalue weighted by molar-refractivity contribution is 8.14. The molecule has 2 aliphatic rings. The second-order valence-corrected chi connectivity index (χ2v) is 16.7. The van der Waals surface area contributed by atoms with Crippen molar-refractivity contribution < 1.29 is 16.8 Å². The van der Waals surface area contributed by atoms with E-state index in [1.165, 1.54) is 52.1 Å². The number of anilines is 2. The molecule has 268 valence electrons. The van der Waals surface area contributed by atoms with Crippen molar-refractivity contribution in [3.05, 3.63) is 145 Å². The van der Waals surface area contributed by atoms with Gasteiger partial charge in [-0.2, -0.15) is 5.26 Å². The van der Waals surface area contributed by atoms with Crippen LogP contribution in [0.15, 0.2) is 105 Å². The molecular weight excluding hydrogens is 736 g/mol. The summed E-state index contributed by atoms with van der Waals surface area (Å²) in [6.07, 6.45) is 4.52. The van der Waals surface area contributed by atoms with Gasteiger partial charge in [-0.05, 0) is 98.0 Å². The molecule has 0 atom stereocenters. The molecule has 4 aromatic carbocycles. The lowest BCUT2D eigenvalue weighted by atomic mass is 10.0. The van der Waals surface area contributed by atoms with E-state index in [9.17, 15) is 26.4 Å². The van der Waals surface area contributed by atoms with Gasteiger partial charge in [0, 0.05) is 69.1 Å². The standard InChI is InChI=1S/C19H15N3O3S.C10H10N2.C9H6ClNO3S/c1-12-10-13(20-2)11-17-14(12)7-9-22(17)26(24,25)18-5-3-4-16-15(18)6-8-21-19(16)23;1-7-4-8(6-11)5-10-9(7)2-3-12-10;10-15(13,14)8-3-1-2-7-6(8)4-5-11-9(7)12/h3-6,8,10-11H,7,9H2,1H3,(H,21,23);4-5,12H,2-3H2,1H3;1-5H,(H,11,12). The fourth-order valence-corrected chi connectivity index (χ4v) is 9.39. The molecule has 0 saturated heterocycles. The molecule has 15 heteroatoms. The van der Waals surface area contributed by atoms with E-state index < -0.39 is 19.1 Å². The normalized spacial score (nSPS) is 13.0. The Hall–Kier alpha value is -5.93. The highest BCUT2D eigenvalue weighted by Gasteiger charge is 2.33. The first kappa shape index (κ1) is 36.8. The average Bonchev–Trinajstić information content (AvgIpc) is 3.80. The summed E-state index contributed by atoms with van der Waals surface area (Å²) in [7, 11) is -2.44. The number of H-pyrrole nitrogens is 2. The lowest BCUT2D eigenvalue weighted by molar-refractivity contribution is 0.593. The van der Waals surface area contributed by atoms with E-state index in [4.69, 9.17) is 22.5 Å². The summed E-state index contributed by atoms with van der Waals surface area (Å²) in [5.74, 6) is 0. The number of sulfonamides is 1. The summed E-state index contributed by atoms with van der Waals surface area (Å²) in [5, 5.41) is 13.3. The van der Waals surface area contributed by atoms with E-state index in [1.54, 1.807) is 36.4 Å². The van der Waals surface area contributed by atoms with E-state index >= 15 is 0 Å². The Balaban J connectivity index is 0.000000150. The molecule has 0 unspecified atom stereocenters. The zero-order valence-corrected chi connectivity index (χ0v) is 30.8. The SMILES string of the molecule is Cc1cc(C#N)cc2c1CCN2.O=c1[nH]ccc2c(S(=O)(=O)Cl)cccc12.[C-]#[N+]c1cc(C)c2c(c1)N(S(=O)(=O)c1cccc3c(=O)[nH]ccc13)CC2. The molecule has 4 heterocycles. The van der Waals surface area contributed by atoms with Gasteiger partial charge in [-0.3, -0.25) is 13.9 Å². The van der Waals surface area contributed by atoms with Crippen LogP contribution in [0.2, 0.25) is 0 Å². The largest absolute Gasteiger partial charge is 0.384 e. The average molecular weight is 767 g/mol. The van der Waals surface area contributed by atoms with Crippen molar-refractivity contribution in [2.45, 2.75) is 36.5 Å². The molecule has 12 nitrogen and oxygen atoms in total. The summed E-state index contributed by atoms with van der Waals surface area (Å²) in [6, 6.07) is 21.6. The van der Waals surface area contributed by atoms with E-state index in [2.05, 4.69) is 33.1 Å². The van der Waals surface area contributed by atoms with Gasteiger partial charge in [-0.15, -0.1) is 0 Å².